The van der Waals surface area contributed by atoms with E-state index in [-0.39, 0.29) is 11.7 Å². The van der Waals surface area contributed by atoms with E-state index in [4.69, 9.17) is 9.47 Å². The van der Waals surface area contributed by atoms with Crippen molar-refractivity contribution in [2.24, 2.45) is 5.92 Å². The molecule has 2 aliphatic carbocycles. The molecule has 23 heavy (non-hydrogen) atoms. The molecule has 0 saturated carbocycles. The summed E-state index contributed by atoms with van der Waals surface area (Å²) in [5.41, 5.74) is 3.66. The summed E-state index contributed by atoms with van der Waals surface area (Å²) < 4.78 is 10.7. The van der Waals surface area contributed by atoms with Gasteiger partial charge in [0.1, 0.15) is 0 Å². The number of fused-ring (bicyclic) bond motifs is 1. The fraction of sp³-hybridized carbons (Fsp3) is 0.421. The van der Waals surface area contributed by atoms with Crippen LogP contribution < -0.4 is 9.47 Å². The fourth-order valence-electron chi connectivity index (χ4n) is 3.52. The lowest BCUT2D eigenvalue weighted by molar-refractivity contribution is -0.116. The van der Waals surface area contributed by atoms with Crippen LogP contribution in [0.1, 0.15) is 24.8 Å². The van der Waals surface area contributed by atoms with Crippen LogP contribution in [-0.4, -0.2) is 26.3 Å². The Morgan fingerprint density at radius 3 is 2.70 bits per heavy atom. The van der Waals surface area contributed by atoms with Crippen LogP contribution in [0.3, 0.4) is 0 Å². The summed E-state index contributed by atoms with van der Waals surface area (Å²) >= 11 is 1.60. The van der Waals surface area contributed by atoms with Crippen molar-refractivity contribution in [3.8, 4) is 11.5 Å². The Morgan fingerprint density at radius 1 is 1.22 bits per heavy atom. The number of thioether (sulfide) groups is 1. The number of rotatable bonds is 5. The Kier molecular flexibility index (Phi) is 4.81. The third kappa shape index (κ3) is 2.92. The number of carbonyl (C=O) groups excluding carboxylic acids is 1. The molecule has 3 nitrogen and oxygen atoms in total. The summed E-state index contributed by atoms with van der Waals surface area (Å²) in [5.74, 6) is 1.68. The van der Waals surface area contributed by atoms with Gasteiger partial charge in [0.25, 0.3) is 0 Å². The van der Waals surface area contributed by atoms with E-state index in [1.54, 1.807) is 26.0 Å². The Labute approximate surface area is 141 Å². The molecular formula is C19H22O3S. The molecule has 1 unspecified atom stereocenters. The van der Waals surface area contributed by atoms with Crippen LogP contribution >= 0.6 is 11.8 Å². The topological polar surface area (TPSA) is 35.5 Å². The van der Waals surface area contributed by atoms with Gasteiger partial charge in [-0.1, -0.05) is 12.1 Å². The molecule has 0 saturated heterocycles. The average molecular weight is 330 g/mol. The van der Waals surface area contributed by atoms with Gasteiger partial charge in [0.2, 0.25) is 0 Å². The van der Waals surface area contributed by atoms with Crippen molar-refractivity contribution in [2.45, 2.75) is 25.7 Å². The number of benzene rings is 1. The number of ketones is 1. The van der Waals surface area contributed by atoms with Gasteiger partial charge in [-0.15, -0.1) is 11.8 Å². The van der Waals surface area contributed by atoms with E-state index in [1.807, 2.05) is 24.5 Å². The minimum atomic E-state index is -0.0362. The molecule has 3 rings (SSSR count). The molecule has 4 heteroatoms. The molecule has 0 radical (unpaired) electrons. The van der Waals surface area contributed by atoms with Crippen molar-refractivity contribution >= 4 is 17.5 Å². The summed E-state index contributed by atoms with van der Waals surface area (Å²) in [6.07, 6.45) is 8.26. The maximum absolute atomic E-state index is 12.8. The number of methoxy groups -OCH3 is 2. The smallest absolute Gasteiger partial charge is 0.177 e. The van der Waals surface area contributed by atoms with Crippen LogP contribution in [0.15, 0.2) is 40.3 Å². The number of hydrogen-bond acceptors (Lipinski definition) is 4. The average Bonchev–Trinajstić information content (AvgIpc) is 2.86. The van der Waals surface area contributed by atoms with E-state index in [0.29, 0.717) is 5.75 Å². The second kappa shape index (κ2) is 6.83. The summed E-state index contributed by atoms with van der Waals surface area (Å²) in [7, 11) is 3.27. The number of hydrogen-bond donors (Lipinski definition) is 0. The molecule has 0 N–H and O–H groups in total. The number of Topliss-reactive ketones (excluding diaryl/α,β-unsaturated/α-hetero) is 1. The van der Waals surface area contributed by atoms with Crippen LogP contribution in [0, 0.1) is 5.92 Å². The zero-order chi connectivity index (χ0) is 16.4. The summed E-state index contributed by atoms with van der Waals surface area (Å²) in [6.45, 7) is 0. The van der Waals surface area contributed by atoms with Gasteiger partial charge in [-0.2, -0.15) is 0 Å². The highest BCUT2D eigenvalue weighted by Gasteiger charge is 2.37. The summed E-state index contributed by atoms with van der Waals surface area (Å²) in [4.78, 5) is 13.8. The molecule has 0 amide bonds. The highest BCUT2D eigenvalue weighted by Crippen LogP contribution is 2.45. The predicted octanol–water partition coefficient (Wildman–Crippen LogP) is 4.17. The van der Waals surface area contributed by atoms with Crippen molar-refractivity contribution in [1.82, 2.24) is 0 Å². The maximum Gasteiger partial charge on any atom is 0.177 e. The molecule has 2 aliphatic rings. The first-order valence-corrected chi connectivity index (χ1v) is 9.14. The molecule has 0 aliphatic heterocycles. The summed E-state index contributed by atoms with van der Waals surface area (Å²) in [6, 6.07) is 5.91. The maximum atomic E-state index is 12.8. The van der Waals surface area contributed by atoms with Crippen molar-refractivity contribution < 1.29 is 14.3 Å². The zero-order valence-corrected chi connectivity index (χ0v) is 14.7. The first kappa shape index (κ1) is 16.2. The van der Waals surface area contributed by atoms with E-state index < -0.39 is 0 Å². The van der Waals surface area contributed by atoms with Crippen LogP contribution in [0.2, 0.25) is 0 Å². The van der Waals surface area contributed by atoms with Crippen molar-refractivity contribution in [3.05, 3.63) is 45.9 Å². The van der Waals surface area contributed by atoms with Crippen LogP contribution in [0.5, 0.6) is 11.5 Å². The normalized spacial score (nSPS) is 20.4. The van der Waals surface area contributed by atoms with Crippen molar-refractivity contribution in [2.75, 3.05) is 20.5 Å². The van der Waals surface area contributed by atoms with E-state index in [1.165, 1.54) is 11.1 Å². The molecular weight excluding hydrogens is 308 g/mol. The van der Waals surface area contributed by atoms with E-state index in [9.17, 15) is 4.79 Å². The van der Waals surface area contributed by atoms with Crippen LogP contribution in [0.4, 0.5) is 0 Å². The third-order valence-corrected chi connectivity index (χ3v) is 5.48. The third-order valence-electron chi connectivity index (χ3n) is 4.63. The van der Waals surface area contributed by atoms with Gasteiger partial charge in [-0.25, -0.2) is 0 Å². The zero-order valence-electron chi connectivity index (χ0n) is 13.8. The van der Waals surface area contributed by atoms with Gasteiger partial charge in [-0.3, -0.25) is 4.79 Å². The SMILES string of the molecule is COc1ccc(CC2C(=O)C(SC)=C3CCCC=C32)cc1OC. The lowest BCUT2D eigenvalue weighted by Gasteiger charge is -2.18. The first-order chi connectivity index (χ1) is 11.2. The quantitative estimate of drug-likeness (QED) is 0.811. The predicted molar refractivity (Wildman–Crippen MR) is 94.2 cm³/mol. The largest absolute Gasteiger partial charge is 0.493 e. The lowest BCUT2D eigenvalue weighted by atomic mass is 9.86. The minimum Gasteiger partial charge on any atom is -0.493 e. The monoisotopic (exact) mass is 330 g/mol. The molecule has 1 aromatic rings. The second-order valence-corrected chi connectivity index (χ2v) is 6.69. The summed E-state index contributed by atoms with van der Waals surface area (Å²) in [5, 5.41) is 0. The Morgan fingerprint density at radius 2 is 2.00 bits per heavy atom. The fourth-order valence-corrected chi connectivity index (χ4v) is 4.33. The Hall–Kier alpha value is -1.68. The molecule has 0 fully saturated rings. The van der Waals surface area contributed by atoms with Gasteiger partial charge < -0.3 is 9.47 Å². The second-order valence-electron chi connectivity index (χ2n) is 5.87. The van der Waals surface area contributed by atoms with E-state index in [2.05, 4.69) is 6.08 Å². The van der Waals surface area contributed by atoms with Crippen molar-refractivity contribution in [1.29, 1.82) is 0 Å². The van der Waals surface area contributed by atoms with Gasteiger partial charge in [0.05, 0.1) is 25.0 Å². The standard InChI is InChI=1S/C19H22O3S/c1-21-16-9-8-12(11-17(16)22-2)10-15-13-6-4-5-7-14(13)19(23-3)18(15)20/h6,8-9,11,15H,4-5,7,10H2,1-3H3. The molecule has 1 aromatic carbocycles. The molecule has 122 valence electrons. The first-order valence-electron chi connectivity index (χ1n) is 7.92. The van der Waals surface area contributed by atoms with Gasteiger partial charge in [-0.05, 0) is 60.8 Å². The van der Waals surface area contributed by atoms with E-state index in [0.717, 1.165) is 41.9 Å². The molecule has 0 heterocycles. The van der Waals surface area contributed by atoms with E-state index >= 15 is 0 Å². The van der Waals surface area contributed by atoms with Gasteiger partial charge in [0, 0.05) is 0 Å². The van der Waals surface area contributed by atoms with Crippen LogP contribution in [0.25, 0.3) is 0 Å². The Bertz CT molecular complexity index is 688. The highest BCUT2D eigenvalue weighted by molar-refractivity contribution is 8.03. The van der Waals surface area contributed by atoms with Crippen molar-refractivity contribution in [3.63, 3.8) is 0 Å². The van der Waals surface area contributed by atoms with Crippen LogP contribution in [-0.2, 0) is 11.2 Å². The minimum absolute atomic E-state index is 0.0362. The lowest BCUT2D eigenvalue weighted by Crippen LogP contribution is -2.15. The number of allylic oxidation sites excluding steroid dienone is 4. The molecule has 0 aromatic heterocycles. The highest BCUT2D eigenvalue weighted by atomic mass is 32.2. The molecule has 0 bridgehead atoms. The Balaban J connectivity index is 1.89. The van der Waals surface area contributed by atoms with Gasteiger partial charge in [0.15, 0.2) is 17.3 Å². The molecule has 1 atom stereocenters. The number of ether oxygens (including phenoxy) is 2. The van der Waals surface area contributed by atoms with Gasteiger partial charge >= 0.3 is 0 Å². The molecule has 0 spiro atoms. The number of carbonyl (C=O) groups is 1.